The van der Waals surface area contributed by atoms with Gasteiger partial charge < -0.3 is 14.6 Å². The molecule has 0 bridgehead atoms. The molecule has 3 rings (SSSR count). The highest BCUT2D eigenvalue weighted by Gasteiger charge is 2.46. The van der Waals surface area contributed by atoms with E-state index in [0.29, 0.717) is 13.2 Å². The molecule has 0 amide bonds. The highest BCUT2D eigenvalue weighted by molar-refractivity contribution is 5.14. The molecule has 0 spiro atoms. The number of hydrogen-bond donors (Lipinski definition) is 1. The highest BCUT2D eigenvalue weighted by atomic mass is 16.5. The molecule has 170 valence electrons. The van der Waals surface area contributed by atoms with Gasteiger partial charge in [0.15, 0.2) is 0 Å². The van der Waals surface area contributed by atoms with E-state index in [1.165, 1.54) is 19.3 Å². The van der Waals surface area contributed by atoms with Crippen LogP contribution in [0.15, 0.2) is 60.7 Å². The Morgan fingerprint density at radius 3 is 1.94 bits per heavy atom. The SMILES string of the molecule is CCCCCCN(CC)[C@@H]1[C@@H](O)[C@@H](OCc2ccccc2)C[C@H]1OCc1ccccc1. The Labute approximate surface area is 188 Å². The lowest BCUT2D eigenvalue weighted by molar-refractivity contribution is -0.0576. The highest BCUT2D eigenvalue weighted by Crippen LogP contribution is 2.31. The van der Waals surface area contributed by atoms with Crippen LogP contribution in [-0.2, 0) is 22.7 Å². The second-order valence-electron chi connectivity index (χ2n) is 8.58. The monoisotopic (exact) mass is 425 g/mol. The average molecular weight is 426 g/mol. The molecule has 4 heteroatoms. The maximum atomic E-state index is 11.3. The lowest BCUT2D eigenvalue weighted by atomic mass is 10.1. The van der Waals surface area contributed by atoms with Crippen LogP contribution in [0.3, 0.4) is 0 Å². The number of aliphatic hydroxyl groups excluding tert-OH is 1. The number of unbranched alkanes of at least 4 members (excludes halogenated alkanes) is 3. The van der Waals surface area contributed by atoms with Gasteiger partial charge in [0.05, 0.1) is 37.6 Å². The third-order valence-electron chi connectivity index (χ3n) is 6.32. The second-order valence-corrected chi connectivity index (χ2v) is 8.58. The summed E-state index contributed by atoms with van der Waals surface area (Å²) in [7, 11) is 0. The van der Waals surface area contributed by atoms with E-state index in [2.05, 4.69) is 43.0 Å². The minimum absolute atomic E-state index is 0.0314. The van der Waals surface area contributed by atoms with Crippen LogP contribution in [0.4, 0.5) is 0 Å². The van der Waals surface area contributed by atoms with E-state index in [0.717, 1.165) is 37.1 Å². The quantitative estimate of drug-likeness (QED) is 0.448. The van der Waals surface area contributed by atoms with Gasteiger partial charge in [-0.05, 0) is 30.6 Å². The van der Waals surface area contributed by atoms with Gasteiger partial charge in [0, 0.05) is 6.42 Å². The lowest BCUT2D eigenvalue weighted by Gasteiger charge is -2.34. The van der Waals surface area contributed by atoms with Gasteiger partial charge in [0.2, 0.25) is 0 Å². The van der Waals surface area contributed by atoms with E-state index < -0.39 is 6.10 Å². The fraction of sp³-hybridized carbons (Fsp3) is 0.556. The summed E-state index contributed by atoms with van der Waals surface area (Å²) in [5.74, 6) is 0. The zero-order valence-corrected chi connectivity index (χ0v) is 19.2. The van der Waals surface area contributed by atoms with Gasteiger partial charge in [-0.2, -0.15) is 0 Å². The van der Waals surface area contributed by atoms with Crippen molar-refractivity contribution >= 4 is 0 Å². The van der Waals surface area contributed by atoms with Crippen LogP contribution in [0.1, 0.15) is 57.1 Å². The van der Waals surface area contributed by atoms with Gasteiger partial charge in [-0.25, -0.2) is 0 Å². The Balaban J connectivity index is 1.65. The molecule has 0 radical (unpaired) electrons. The maximum absolute atomic E-state index is 11.3. The largest absolute Gasteiger partial charge is 0.389 e. The first-order valence-electron chi connectivity index (χ1n) is 12.0. The van der Waals surface area contributed by atoms with E-state index in [9.17, 15) is 5.11 Å². The van der Waals surface area contributed by atoms with Gasteiger partial charge in [0.25, 0.3) is 0 Å². The molecular formula is C27H39NO3. The summed E-state index contributed by atoms with van der Waals surface area (Å²) in [5.41, 5.74) is 2.29. The van der Waals surface area contributed by atoms with Crippen molar-refractivity contribution in [3.63, 3.8) is 0 Å². The molecule has 1 N–H and O–H groups in total. The van der Waals surface area contributed by atoms with E-state index in [1.54, 1.807) is 0 Å². The van der Waals surface area contributed by atoms with Crippen molar-refractivity contribution in [1.82, 2.24) is 4.90 Å². The molecule has 4 atom stereocenters. The van der Waals surface area contributed by atoms with Gasteiger partial charge in [0.1, 0.15) is 0 Å². The van der Waals surface area contributed by atoms with Gasteiger partial charge in [-0.3, -0.25) is 4.90 Å². The molecule has 0 unspecified atom stereocenters. The first-order chi connectivity index (χ1) is 15.2. The molecule has 0 saturated heterocycles. The normalized spacial score (nSPS) is 23.5. The Morgan fingerprint density at radius 2 is 1.39 bits per heavy atom. The molecule has 0 heterocycles. The Hall–Kier alpha value is -1.72. The van der Waals surface area contributed by atoms with Gasteiger partial charge in [-0.15, -0.1) is 0 Å². The second kappa shape index (κ2) is 13.0. The number of rotatable bonds is 13. The number of hydrogen-bond acceptors (Lipinski definition) is 4. The Morgan fingerprint density at radius 1 is 0.806 bits per heavy atom. The maximum Gasteiger partial charge on any atom is 0.0982 e. The summed E-state index contributed by atoms with van der Waals surface area (Å²) >= 11 is 0. The summed E-state index contributed by atoms with van der Waals surface area (Å²) in [5, 5.41) is 11.3. The molecular weight excluding hydrogens is 386 g/mol. The van der Waals surface area contributed by atoms with Gasteiger partial charge >= 0.3 is 0 Å². The van der Waals surface area contributed by atoms with Crippen molar-refractivity contribution in [1.29, 1.82) is 0 Å². The summed E-state index contributed by atoms with van der Waals surface area (Å²) in [4.78, 5) is 2.40. The third kappa shape index (κ3) is 7.15. The summed E-state index contributed by atoms with van der Waals surface area (Å²) < 4.78 is 12.6. The molecule has 2 aromatic rings. The Kier molecular flexibility index (Phi) is 10.0. The van der Waals surface area contributed by atoms with Crippen LogP contribution in [0.2, 0.25) is 0 Å². The Bertz CT molecular complexity index is 724. The molecule has 0 aliphatic heterocycles. The average Bonchev–Trinajstić information content (AvgIpc) is 3.13. The standard InChI is InChI=1S/C27H39NO3/c1-3-5-6-13-18-28(4-2)26-24(30-20-22-14-9-7-10-15-22)19-25(27(26)29)31-21-23-16-11-8-12-17-23/h7-12,14-17,24-27,29H,3-6,13,18-21H2,1-2H3/t24-,25+,26+,27+/m1/s1. The first-order valence-corrected chi connectivity index (χ1v) is 12.0. The fourth-order valence-electron chi connectivity index (χ4n) is 4.55. The van der Waals surface area contributed by atoms with E-state index in [1.807, 2.05) is 36.4 Å². The van der Waals surface area contributed by atoms with Crippen LogP contribution in [0, 0.1) is 0 Å². The molecule has 1 saturated carbocycles. The summed E-state index contributed by atoms with van der Waals surface area (Å²) in [6, 6.07) is 20.4. The predicted octanol–water partition coefficient (Wildman–Crippen LogP) is 5.19. The van der Waals surface area contributed by atoms with Crippen molar-refractivity contribution in [3.8, 4) is 0 Å². The molecule has 1 fully saturated rings. The number of ether oxygens (including phenoxy) is 2. The number of benzene rings is 2. The minimum atomic E-state index is -0.546. The molecule has 1 aliphatic rings. The smallest absolute Gasteiger partial charge is 0.0982 e. The van der Waals surface area contributed by atoms with Crippen LogP contribution >= 0.6 is 0 Å². The van der Waals surface area contributed by atoms with Crippen molar-refractivity contribution in [2.45, 2.75) is 83.5 Å². The molecule has 1 aliphatic carbocycles. The third-order valence-corrected chi connectivity index (χ3v) is 6.32. The first kappa shape index (κ1) is 23.9. The molecule has 31 heavy (non-hydrogen) atoms. The number of aliphatic hydroxyl groups is 1. The van der Waals surface area contributed by atoms with Gasteiger partial charge in [-0.1, -0.05) is 93.8 Å². The lowest BCUT2D eigenvalue weighted by Crippen LogP contribution is -2.49. The zero-order chi connectivity index (χ0) is 21.9. The molecule has 0 aromatic heterocycles. The predicted molar refractivity (Wildman–Crippen MR) is 126 cm³/mol. The van der Waals surface area contributed by atoms with Crippen LogP contribution < -0.4 is 0 Å². The zero-order valence-electron chi connectivity index (χ0n) is 19.2. The van der Waals surface area contributed by atoms with Crippen LogP contribution in [0.5, 0.6) is 0 Å². The minimum Gasteiger partial charge on any atom is -0.389 e. The number of nitrogens with zero attached hydrogens (tertiary/aromatic N) is 1. The molecule has 2 aromatic carbocycles. The van der Waals surface area contributed by atoms with Crippen LogP contribution in [-0.4, -0.2) is 47.4 Å². The van der Waals surface area contributed by atoms with Crippen molar-refractivity contribution in [3.05, 3.63) is 71.8 Å². The fourth-order valence-corrected chi connectivity index (χ4v) is 4.55. The van der Waals surface area contributed by atoms with Crippen molar-refractivity contribution in [2.24, 2.45) is 0 Å². The molecule has 4 nitrogen and oxygen atoms in total. The van der Waals surface area contributed by atoms with Crippen LogP contribution in [0.25, 0.3) is 0 Å². The summed E-state index contributed by atoms with van der Waals surface area (Å²) in [6.07, 6.45) is 4.81. The number of likely N-dealkylation sites (N-methyl/N-ethyl adjacent to an activating group) is 1. The van der Waals surface area contributed by atoms with E-state index in [4.69, 9.17) is 9.47 Å². The topological polar surface area (TPSA) is 41.9 Å². The van der Waals surface area contributed by atoms with E-state index in [-0.39, 0.29) is 18.2 Å². The van der Waals surface area contributed by atoms with E-state index >= 15 is 0 Å². The van der Waals surface area contributed by atoms with Crippen molar-refractivity contribution in [2.75, 3.05) is 13.1 Å². The van der Waals surface area contributed by atoms with Crippen molar-refractivity contribution < 1.29 is 14.6 Å². The summed E-state index contributed by atoms with van der Waals surface area (Å²) in [6.45, 7) is 7.40.